The summed E-state index contributed by atoms with van der Waals surface area (Å²) in [5.41, 5.74) is -0.368. The molecule has 0 saturated carbocycles. The Morgan fingerprint density at radius 2 is 2.00 bits per heavy atom. The Morgan fingerprint density at radius 1 is 1.26 bits per heavy atom. The molecule has 1 saturated heterocycles. The van der Waals surface area contributed by atoms with Crippen molar-refractivity contribution in [3.05, 3.63) is 47.4 Å². The quantitative estimate of drug-likeness (QED) is 0.880. The van der Waals surface area contributed by atoms with Gasteiger partial charge in [-0.1, -0.05) is 12.1 Å². The van der Waals surface area contributed by atoms with Gasteiger partial charge in [0.05, 0.1) is 17.8 Å². The highest BCUT2D eigenvalue weighted by atomic mass is 19.4. The molecule has 1 aliphatic rings. The average Bonchev–Trinajstić information content (AvgIpc) is 3.02. The van der Waals surface area contributed by atoms with E-state index in [9.17, 15) is 18.0 Å². The van der Waals surface area contributed by atoms with Crippen LogP contribution in [0.2, 0.25) is 0 Å². The van der Waals surface area contributed by atoms with E-state index in [1.54, 1.807) is 13.0 Å². The van der Waals surface area contributed by atoms with Crippen LogP contribution in [0.4, 0.5) is 23.7 Å². The number of benzene rings is 1. The molecule has 1 atom stereocenters. The van der Waals surface area contributed by atoms with Crippen LogP contribution in [-0.4, -0.2) is 40.1 Å². The second-order valence-electron chi connectivity index (χ2n) is 6.34. The zero-order chi connectivity index (χ0) is 19.6. The van der Waals surface area contributed by atoms with Gasteiger partial charge in [-0.2, -0.15) is 18.2 Å². The van der Waals surface area contributed by atoms with E-state index < -0.39 is 17.8 Å². The van der Waals surface area contributed by atoms with E-state index in [1.165, 1.54) is 23.1 Å². The number of aromatic nitrogens is 2. The number of para-hydroxylation sites is 1. The lowest BCUT2D eigenvalue weighted by atomic mass is 10.1. The van der Waals surface area contributed by atoms with Crippen molar-refractivity contribution >= 4 is 11.7 Å². The van der Waals surface area contributed by atoms with E-state index in [1.807, 2.05) is 6.92 Å². The molecule has 2 aromatic rings. The van der Waals surface area contributed by atoms with Gasteiger partial charge in [-0.05, 0) is 26.0 Å². The molecule has 1 aromatic carbocycles. The third-order valence-corrected chi connectivity index (χ3v) is 4.14. The Kier molecular flexibility index (Phi) is 5.20. The van der Waals surface area contributed by atoms with Gasteiger partial charge in [0, 0.05) is 24.7 Å². The highest BCUT2D eigenvalue weighted by molar-refractivity contribution is 5.90. The van der Waals surface area contributed by atoms with Crippen molar-refractivity contribution in [1.82, 2.24) is 14.9 Å². The van der Waals surface area contributed by atoms with Crippen LogP contribution in [0, 0.1) is 13.8 Å². The van der Waals surface area contributed by atoms with Gasteiger partial charge in [0.2, 0.25) is 5.88 Å². The van der Waals surface area contributed by atoms with E-state index in [-0.39, 0.29) is 18.3 Å². The van der Waals surface area contributed by atoms with Crippen molar-refractivity contribution in [2.75, 3.05) is 18.4 Å². The molecule has 0 aliphatic carbocycles. The van der Waals surface area contributed by atoms with E-state index in [2.05, 4.69) is 15.3 Å². The zero-order valence-electron chi connectivity index (χ0n) is 14.9. The summed E-state index contributed by atoms with van der Waals surface area (Å²) in [5, 5.41) is 2.35. The summed E-state index contributed by atoms with van der Waals surface area (Å²) in [5.74, 6) is 1.01. The molecule has 2 amide bonds. The summed E-state index contributed by atoms with van der Waals surface area (Å²) in [6, 6.07) is 6.01. The molecule has 1 aliphatic heterocycles. The Balaban J connectivity index is 1.63. The molecule has 0 spiro atoms. The van der Waals surface area contributed by atoms with Gasteiger partial charge >= 0.3 is 12.2 Å². The number of carbonyl (C=O) groups is 1. The third kappa shape index (κ3) is 4.66. The number of aryl methyl sites for hydroxylation is 2. The summed E-state index contributed by atoms with van der Waals surface area (Å²) >= 11 is 0. The second-order valence-corrected chi connectivity index (χ2v) is 6.34. The molecule has 0 radical (unpaired) electrons. The first-order valence-corrected chi connectivity index (χ1v) is 8.43. The SMILES string of the molecule is Cc1cc(O[C@@H]2CCN(C(=O)Nc3ccccc3C(F)(F)F)C2)nc(C)n1. The fourth-order valence-corrected chi connectivity index (χ4v) is 2.96. The van der Waals surface area contributed by atoms with Crippen LogP contribution in [0.1, 0.15) is 23.5 Å². The van der Waals surface area contributed by atoms with Gasteiger partial charge in [0.1, 0.15) is 11.9 Å². The summed E-state index contributed by atoms with van der Waals surface area (Å²) < 4.78 is 44.9. The second kappa shape index (κ2) is 7.42. The van der Waals surface area contributed by atoms with Gasteiger partial charge in [0.15, 0.2) is 0 Å². The molecule has 27 heavy (non-hydrogen) atoms. The van der Waals surface area contributed by atoms with Crippen molar-refractivity contribution in [2.45, 2.75) is 32.5 Å². The van der Waals surface area contributed by atoms with E-state index >= 15 is 0 Å². The molecule has 144 valence electrons. The lowest BCUT2D eigenvalue weighted by molar-refractivity contribution is -0.136. The number of likely N-dealkylation sites (tertiary alicyclic amines) is 1. The number of carbonyl (C=O) groups excluding carboxylic acids is 1. The standard InChI is InChI=1S/C18H19F3N4O2/c1-11-9-16(23-12(2)22-11)27-13-7-8-25(10-13)17(26)24-15-6-4-3-5-14(15)18(19,20)21/h3-6,9,13H,7-8,10H2,1-2H3,(H,24,26)/t13-/m1/s1. The van der Waals surface area contributed by atoms with Gasteiger partial charge in [-0.15, -0.1) is 0 Å². The van der Waals surface area contributed by atoms with Gasteiger partial charge in [0.25, 0.3) is 0 Å². The summed E-state index contributed by atoms with van der Waals surface area (Å²) in [6.07, 6.45) is -4.25. The molecule has 2 heterocycles. The number of ether oxygens (including phenoxy) is 1. The fourth-order valence-electron chi connectivity index (χ4n) is 2.96. The molecule has 0 unspecified atom stereocenters. The van der Waals surface area contributed by atoms with Crippen LogP contribution in [0.5, 0.6) is 5.88 Å². The number of nitrogens with zero attached hydrogens (tertiary/aromatic N) is 3. The van der Waals surface area contributed by atoms with Crippen LogP contribution >= 0.6 is 0 Å². The number of alkyl halides is 3. The van der Waals surface area contributed by atoms with Gasteiger partial charge < -0.3 is 15.0 Å². The van der Waals surface area contributed by atoms with Crippen molar-refractivity contribution in [1.29, 1.82) is 0 Å². The van der Waals surface area contributed by atoms with Crippen molar-refractivity contribution in [3.63, 3.8) is 0 Å². The Bertz CT molecular complexity index is 821. The lowest BCUT2D eigenvalue weighted by Gasteiger charge is -2.19. The summed E-state index contributed by atoms with van der Waals surface area (Å²) in [7, 11) is 0. The van der Waals surface area contributed by atoms with Gasteiger partial charge in [-0.25, -0.2) is 9.78 Å². The predicted octanol–water partition coefficient (Wildman–Crippen LogP) is 3.80. The minimum Gasteiger partial charge on any atom is -0.472 e. The number of urea groups is 1. The Hall–Kier alpha value is -2.84. The van der Waals surface area contributed by atoms with Crippen LogP contribution in [0.3, 0.4) is 0 Å². The molecule has 1 aromatic heterocycles. The summed E-state index contributed by atoms with van der Waals surface area (Å²) in [6.45, 7) is 4.23. The van der Waals surface area contributed by atoms with Gasteiger partial charge in [-0.3, -0.25) is 0 Å². The number of rotatable bonds is 3. The monoisotopic (exact) mass is 380 g/mol. The molecule has 1 N–H and O–H groups in total. The normalized spacial score (nSPS) is 17.1. The highest BCUT2D eigenvalue weighted by Gasteiger charge is 2.34. The van der Waals surface area contributed by atoms with E-state index in [0.29, 0.717) is 24.7 Å². The van der Waals surface area contributed by atoms with E-state index in [4.69, 9.17) is 4.74 Å². The minimum atomic E-state index is -4.54. The number of halogens is 3. The smallest absolute Gasteiger partial charge is 0.418 e. The molecule has 6 nitrogen and oxygen atoms in total. The predicted molar refractivity (Wildman–Crippen MR) is 92.6 cm³/mol. The first kappa shape index (κ1) is 18.9. The number of amides is 2. The van der Waals surface area contributed by atoms with Crippen LogP contribution < -0.4 is 10.1 Å². The molecular formula is C18H19F3N4O2. The largest absolute Gasteiger partial charge is 0.472 e. The summed E-state index contributed by atoms with van der Waals surface area (Å²) in [4.78, 5) is 22.2. The molecule has 1 fully saturated rings. The number of anilines is 1. The highest BCUT2D eigenvalue weighted by Crippen LogP contribution is 2.34. The first-order chi connectivity index (χ1) is 12.7. The topological polar surface area (TPSA) is 67.3 Å². The number of hydrogen-bond donors (Lipinski definition) is 1. The Morgan fingerprint density at radius 3 is 2.70 bits per heavy atom. The van der Waals surface area contributed by atoms with Crippen LogP contribution in [0.15, 0.2) is 30.3 Å². The van der Waals surface area contributed by atoms with Crippen LogP contribution in [-0.2, 0) is 6.18 Å². The maximum Gasteiger partial charge on any atom is 0.418 e. The third-order valence-electron chi connectivity index (χ3n) is 4.14. The molecule has 3 rings (SSSR count). The zero-order valence-corrected chi connectivity index (χ0v) is 14.9. The molecular weight excluding hydrogens is 361 g/mol. The first-order valence-electron chi connectivity index (χ1n) is 8.43. The maximum atomic E-state index is 13.0. The minimum absolute atomic E-state index is 0.263. The lowest BCUT2D eigenvalue weighted by Crippen LogP contribution is -2.35. The number of nitrogens with one attached hydrogen (secondary N) is 1. The molecule has 9 heteroatoms. The maximum absolute atomic E-state index is 13.0. The fraction of sp³-hybridized carbons (Fsp3) is 0.389. The Labute approximate surface area is 154 Å². The molecule has 0 bridgehead atoms. The van der Waals surface area contributed by atoms with Crippen molar-refractivity contribution in [3.8, 4) is 5.88 Å². The van der Waals surface area contributed by atoms with Crippen LogP contribution in [0.25, 0.3) is 0 Å². The van der Waals surface area contributed by atoms with Crippen molar-refractivity contribution in [2.24, 2.45) is 0 Å². The number of hydrogen-bond acceptors (Lipinski definition) is 4. The van der Waals surface area contributed by atoms with E-state index in [0.717, 1.165) is 11.8 Å². The average molecular weight is 380 g/mol. The van der Waals surface area contributed by atoms with Crippen molar-refractivity contribution < 1.29 is 22.7 Å².